The van der Waals surface area contributed by atoms with Crippen molar-refractivity contribution in [2.45, 2.75) is 33.7 Å². The highest BCUT2D eigenvalue weighted by molar-refractivity contribution is 7.47. The van der Waals surface area contributed by atoms with Crippen LogP contribution in [0.2, 0.25) is 0 Å². The largest absolute Gasteiger partial charge is 0.199 e. The van der Waals surface area contributed by atoms with Gasteiger partial charge in [-0.25, -0.2) is 0 Å². The lowest BCUT2D eigenvalue weighted by molar-refractivity contribution is 0.846. The summed E-state index contributed by atoms with van der Waals surface area (Å²) in [6, 6.07) is 0.538. The molecule has 0 spiro atoms. The molecule has 1 nitrogen and oxygen atoms in total. The zero-order valence-electron chi connectivity index (χ0n) is 6.89. The minimum atomic E-state index is 0.0293. The molecule has 0 rings (SSSR count). The van der Waals surface area contributed by atoms with Crippen molar-refractivity contribution in [2.24, 2.45) is 4.74 Å². The van der Waals surface area contributed by atoms with E-state index < -0.39 is 0 Å². The van der Waals surface area contributed by atoms with E-state index in [4.69, 9.17) is 0 Å². The molecule has 0 amide bonds. The van der Waals surface area contributed by atoms with Gasteiger partial charge in [-0.3, -0.25) is 0 Å². The van der Waals surface area contributed by atoms with Crippen LogP contribution in [0.25, 0.3) is 0 Å². The number of hydrogen-bond acceptors (Lipinski definition) is 1. The van der Waals surface area contributed by atoms with E-state index in [0.717, 1.165) is 0 Å². The Balaban J connectivity index is 3.75. The van der Waals surface area contributed by atoms with E-state index in [1.165, 1.54) is 12.3 Å². The zero-order valence-corrected chi connectivity index (χ0v) is 7.78. The molecule has 0 unspecified atom stereocenters. The van der Waals surface area contributed by atoms with E-state index in [2.05, 4.69) is 32.4 Å². The molecule has 0 bridgehead atoms. The molecular weight excluding hydrogens is 129 g/mol. The van der Waals surface area contributed by atoms with E-state index in [1.807, 2.05) is 0 Å². The van der Waals surface area contributed by atoms with Crippen molar-refractivity contribution < 1.29 is 0 Å². The Kier molecular flexibility index (Phi) is 4.99. The molecule has 0 aromatic heterocycles. The van der Waals surface area contributed by atoms with Crippen molar-refractivity contribution in [3.05, 3.63) is 0 Å². The highest BCUT2D eigenvalue weighted by Gasteiger charge is 2.04. The van der Waals surface area contributed by atoms with Crippen LogP contribution in [0.5, 0.6) is 0 Å². The zero-order chi connectivity index (χ0) is 7.28. The Morgan fingerprint density at radius 2 is 1.67 bits per heavy atom. The second-order valence-electron chi connectivity index (χ2n) is 2.35. The summed E-state index contributed by atoms with van der Waals surface area (Å²) in [6.45, 7) is 8.75. The van der Waals surface area contributed by atoms with Crippen molar-refractivity contribution in [3.63, 3.8) is 0 Å². The molecule has 2 heteroatoms. The van der Waals surface area contributed by atoms with Crippen LogP contribution in [-0.4, -0.2) is 18.4 Å². The molecule has 0 fully saturated rings. The minimum absolute atomic E-state index is 0.0293. The van der Waals surface area contributed by atoms with Gasteiger partial charge < -0.3 is 0 Å². The van der Waals surface area contributed by atoms with Crippen molar-refractivity contribution in [1.82, 2.24) is 0 Å². The van der Waals surface area contributed by atoms with Crippen LogP contribution < -0.4 is 0 Å². The lowest BCUT2D eigenvalue weighted by atomic mass is 10.4. The average Bonchev–Trinajstić information content (AvgIpc) is 1.82. The van der Waals surface area contributed by atoms with Crippen LogP contribution in [0, 0.1) is 0 Å². The molecule has 54 valence electrons. The van der Waals surface area contributed by atoms with Crippen LogP contribution in [0.1, 0.15) is 27.7 Å². The minimum Gasteiger partial charge on any atom is -0.108 e. The maximum Gasteiger partial charge on any atom is 0.199 e. The summed E-state index contributed by atoms with van der Waals surface area (Å²) in [7, 11) is 0.0293. The highest BCUT2D eigenvalue weighted by Crippen LogP contribution is 2.24. The molecule has 0 N–H and O–H groups in total. The fraction of sp³-hybridized carbons (Fsp3) is 1.00. The van der Waals surface area contributed by atoms with Gasteiger partial charge in [-0.1, -0.05) is 0 Å². The first-order valence-electron chi connectivity index (χ1n) is 3.66. The number of hydrogen-bond donors (Lipinski definition) is 0. The van der Waals surface area contributed by atoms with E-state index in [9.17, 15) is 0 Å². The van der Waals surface area contributed by atoms with Gasteiger partial charge in [-0.2, -0.15) is 0 Å². The van der Waals surface area contributed by atoms with Crippen molar-refractivity contribution in [3.8, 4) is 0 Å². The standard InChI is InChI=1S/C7H17NP/c1-5-9(6-2)8-7(3)4/h7H,5-6H2,1-4H3/q+1. The lowest BCUT2D eigenvalue weighted by Crippen LogP contribution is -1.86. The SMILES string of the molecule is CC[P+](CC)=NC(C)C. The summed E-state index contributed by atoms with van der Waals surface area (Å²) in [4.78, 5) is 0. The monoisotopic (exact) mass is 146 g/mol. The van der Waals surface area contributed by atoms with Crippen LogP contribution in [0.4, 0.5) is 0 Å². The Morgan fingerprint density at radius 3 is 1.78 bits per heavy atom. The predicted molar refractivity (Wildman–Crippen MR) is 45.6 cm³/mol. The topological polar surface area (TPSA) is 12.4 Å². The fourth-order valence-electron chi connectivity index (χ4n) is 0.714. The van der Waals surface area contributed by atoms with E-state index in [0.29, 0.717) is 6.04 Å². The fourth-order valence-corrected chi connectivity index (χ4v) is 2.14. The van der Waals surface area contributed by atoms with Gasteiger partial charge in [-0.15, -0.1) is 4.74 Å². The molecular formula is C7H17NP+. The van der Waals surface area contributed by atoms with Gasteiger partial charge in [0.25, 0.3) is 0 Å². The average molecular weight is 146 g/mol. The maximum atomic E-state index is 4.58. The Hall–Kier alpha value is 0.100. The number of rotatable bonds is 3. The van der Waals surface area contributed by atoms with Crippen molar-refractivity contribution >= 4 is 7.71 Å². The Bertz CT molecular complexity index is 91.1. The third kappa shape index (κ3) is 4.59. The van der Waals surface area contributed by atoms with Gasteiger partial charge in [0.1, 0.15) is 12.3 Å². The van der Waals surface area contributed by atoms with E-state index in [-0.39, 0.29) is 7.71 Å². The van der Waals surface area contributed by atoms with Crippen LogP contribution >= 0.6 is 7.71 Å². The van der Waals surface area contributed by atoms with Crippen LogP contribution in [-0.2, 0) is 0 Å². The molecule has 9 heavy (non-hydrogen) atoms. The summed E-state index contributed by atoms with van der Waals surface area (Å²) < 4.78 is 4.58. The first-order valence-corrected chi connectivity index (χ1v) is 5.32. The van der Waals surface area contributed by atoms with Gasteiger partial charge in [0.2, 0.25) is 0 Å². The van der Waals surface area contributed by atoms with Crippen LogP contribution in [0.3, 0.4) is 0 Å². The maximum absolute atomic E-state index is 4.58. The highest BCUT2D eigenvalue weighted by atomic mass is 31.1. The third-order valence-corrected chi connectivity index (χ3v) is 3.37. The van der Waals surface area contributed by atoms with Crippen LogP contribution in [0.15, 0.2) is 4.74 Å². The molecule has 0 aromatic carbocycles. The second-order valence-corrected chi connectivity index (χ2v) is 4.86. The first kappa shape index (κ1) is 9.10. The lowest BCUT2D eigenvalue weighted by Gasteiger charge is -1.89. The molecule has 0 aromatic rings. The molecule has 0 aliphatic rings. The molecule has 0 saturated carbocycles. The van der Waals surface area contributed by atoms with Gasteiger partial charge in [0.05, 0.1) is 6.04 Å². The van der Waals surface area contributed by atoms with E-state index >= 15 is 0 Å². The molecule has 0 atom stereocenters. The number of nitrogens with zero attached hydrogens (tertiary/aromatic N) is 1. The normalized spacial score (nSPS) is 9.89. The third-order valence-electron chi connectivity index (χ3n) is 1.12. The van der Waals surface area contributed by atoms with E-state index in [1.54, 1.807) is 0 Å². The summed E-state index contributed by atoms with van der Waals surface area (Å²) in [5.41, 5.74) is 0. The molecule has 0 saturated heterocycles. The van der Waals surface area contributed by atoms with Gasteiger partial charge in [-0.05, 0) is 27.7 Å². The quantitative estimate of drug-likeness (QED) is 0.542. The van der Waals surface area contributed by atoms with Crippen molar-refractivity contribution in [2.75, 3.05) is 12.3 Å². The Morgan fingerprint density at radius 1 is 1.22 bits per heavy atom. The van der Waals surface area contributed by atoms with Crippen molar-refractivity contribution in [1.29, 1.82) is 0 Å². The second kappa shape index (κ2) is 4.93. The van der Waals surface area contributed by atoms with Gasteiger partial charge in [0.15, 0.2) is 7.71 Å². The summed E-state index contributed by atoms with van der Waals surface area (Å²) in [6.07, 6.45) is 2.51. The summed E-state index contributed by atoms with van der Waals surface area (Å²) in [5.74, 6) is 0. The molecule has 0 aliphatic carbocycles. The smallest absolute Gasteiger partial charge is 0.108 e. The summed E-state index contributed by atoms with van der Waals surface area (Å²) >= 11 is 0. The molecule has 0 radical (unpaired) electrons. The molecule has 0 aliphatic heterocycles. The van der Waals surface area contributed by atoms with Gasteiger partial charge in [0, 0.05) is 0 Å². The summed E-state index contributed by atoms with van der Waals surface area (Å²) in [5, 5.41) is 0. The Labute approximate surface area is 59.3 Å². The van der Waals surface area contributed by atoms with Gasteiger partial charge >= 0.3 is 0 Å². The first-order chi connectivity index (χ1) is 4.20. The molecule has 0 heterocycles. The predicted octanol–water partition coefficient (Wildman–Crippen LogP) is 3.10.